The van der Waals surface area contributed by atoms with Crippen molar-refractivity contribution in [3.8, 4) is 5.75 Å². The number of ketones is 2. The minimum absolute atomic E-state index is 0.0967. The zero-order valence-electron chi connectivity index (χ0n) is 14.6. The van der Waals surface area contributed by atoms with Gasteiger partial charge in [-0.05, 0) is 30.4 Å². The second kappa shape index (κ2) is 5.91. The van der Waals surface area contributed by atoms with Crippen LogP contribution in [0.15, 0.2) is 35.1 Å². The van der Waals surface area contributed by atoms with E-state index in [-0.39, 0.29) is 29.7 Å². The number of fused-ring (bicyclic) bond motifs is 3. The number of aromatic hydroxyl groups is 1. The minimum Gasteiger partial charge on any atom is -0.508 e. The summed E-state index contributed by atoms with van der Waals surface area (Å²) in [7, 11) is 0. The lowest BCUT2D eigenvalue weighted by Gasteiger charge is -2.46. The number of hydrogen-bond donors (Lipinski definition) is 6. The van der Waals surface area contributed by atoms with Gasteiger partial charge in [0.05, 0.1) is 5.56 Å². The molecule has 146 valence electrons. The molecule has 4 rings (SSSR count). The maximum Gasteiger partial charge on any atom is 0.272 e. The Hall–Kier alpha value is -3.17. The van der Waals surface area contributed by atoms with E-state index in [9.17, 15) is 34.8 Å². The number of aliphatic hydroxyl groups is 3. The van der Waals surface area contributed by atoms with E-state index < -0.39 is 52.0 Å². The van der Waals surface area contributed by atoms with Crippen LogP contribution in [-0.2, 0) is 20.8 Å². The van der Waals surface area contributed by atoms with Gasteiger partial charge in [-0.3, -0.25) is 19.8 Å². The molecular formula is C19H18N2O7. The highest BCUT2D eigenvalue weighted by molar-refractivity contribution is 6.23. The fourth-order valence-corrected chi connectivity index (χ4v) is 4.61. The number of hydrogen-bond acceptors (Lipinski definition) is 8. The summed E-state index contributed by atoms with van der Waals surface area (Å²) in [5, 5.41) is 42.4. The summed E-state index contributed by atoms with van der Waals surface area (Å²) in [6.45, 7) is 0. The van der Waals surface area contributed by atoms with Crippen molar-refractivity contribution in [1.82, 2.24) is 5.43 Å². The molecule has 0 spiro atoms. The number of hydrazine groups is 1. The van der Waals surface area contributed by atoms with Crippen LogP contribution >= 0.6 is 0 Å². The summed E-state index contributed by atoms with van der Waals surface area (Å²) in [6.07, 6.45) is 0.118. The molecule has 1 fully saturated rings. The fourth-order valence-electron chi connectivity index (χ4n) is 4.61. The molecule has 3 atom stereocenters. The summed E-state index contributed by atoms with van der Waals surface area (Å²) in [5.74, 6) is -1.03. The van der Waals surface area contributed by atoms with Crippen molar-refractivity contribution >= 4 is 23.2 Å². The van der Waals surface area contributed by atoms with Crippen molar-refractivity contribution in [2.45, 2.75) is 24.9 Å². The molecule has 3 aliphatic rings. The molecule has 1 aromatic rings. The van der Waals surface area contributed by atoms with E-state index in [0.717, 1.165) is 0 Å². The van der Waals surface area contributed by atoms with Crippen LogP contribution in [0.25, 0.3) is 5.76 Å². The van der Waals surface area contributed by atoms with Crippen molar-refractivity contribution in [1.29, 1.82) is 0 Å². The summed E-state index contributed by atoms with van der Waals surface area (Å²) >= 11 is 0. The number of carbonyl (C=O) groups excluding carboxylic acids is 3. The number of aliphatic hydroxyl groups excluding tert-OH is 2. The highest BCUT2D eigenvalue weighted by Gasteiger charge is 2.60. The number of Topliss-reactive ketones (excluding diaryl/α,β-unsaturated/α-hetero) is 2. The molecule has 1 saturated carbocycles. The minimum atomic E-state index is -2.53. The third-order valence-corrected chi connectivity index (χ3v) is 5.91. The zero-order chi connectivity index (χ0) is 20.4. The zero-order valence-corrected chi connectivity index (χ0v) is 14.6. The van der Waals surface area contributed by atoms with Crippen molar-refractivity contribution in [3.63, 3.8) is 0 Å². The Balaban J connectivity index is 1.92. The number of nitrogens with one attached hydrogen (secondary N) is 1. The maximum atomic E-state index is 13.2. The normalized spacial score (nSPS) is 29.2. The second-order valence-electron chi connectivity index (χ2n) is 7.33. The van der Waals surface area contributed by atoms with E-state index in [2.05, 4.69) is 0 Å². The van der Waals surface area contributed by atoms with Gasteiger partial charge < -0.3 is 20.4 Å². The summed E-state index contributed by atoms with van der Waals surface area (Å²) in [4.78, 5) is 37.4. The van der Waals surface area contributed by atoms with Crippen molar-refractivity contribution < 1.29 is 34.8 Å². The van der Waals surface area contributed by atoms with Gasteiger partial charge in [0.1, 0.15) is 22.8 Å². The Morgan fingerprint density at radius 2 is 1.89 bits per heavy atom. The van der Waals surface area contributed by atoms with Crippen LogP contribution in [0.4, 0.5) is 0 Å². The van der Waals surface area contributed by atoms with Gasteiger partial charge in [0.2, 0.25) is 5.78 Å². The van der Waals surface area contributed by atoms with E-state index >= 15 is 0 Å². The molecule has 3 aliphatic carbocycles. The van der Waals surface area contributed by atoms with Gasteiger partial charge in [0, 0.05) is 17.9 Å². The summed E-state index contributed by atoms with van der Waals surface area (Å²) in [6, 6.07) is 4.69. The van der Waals surface area contributed by atoms with Gasteiger partial charge in [-0.2, -0.15) is 0 Å². The first-order valence-electron chi connectivity index (χ1n) is 8.71. The average molecular weight is 386 g/mol. The van der Waals surface area contributed by atoms with E-state index in [1.165, 1.54) is 6.07 Å². The molecule has 0 heterocycles. The number of phenols is 1. The van der Waals surface area contributed by atoms with Gasteiger partial charge >= 0.3 is 0 Å². The largest absolute Gasteiger partial charge is 0.508 e. The SMILES string of the molecule is NNC(=O)C1=C(O)C2(O)C(=O)C3=C(O)c4c(O)cccc4CC3CC2CC1=O. The molecule has 3 unspecified atom stereocenters. The summed E-state index contributed by atoms with van der Waals surface area (Å²) in [5.41, 5.74) is -0.994. The second-order valence-corrected chi connectivity index (χ2v) is 7.33. The Morgan fingerprint density at radius 3 is 2.57 bits per heavy atom. The lowest BCUT2D eigenvalue weighted by atomic mass is 9.59. The first kappa shape index (κ1) is 18.2. The maximum absolute atomic E-state index is 13.2. The highest BCUT2D eigenvalue weighted by Crippen LogP contribution is 2.51. The molecule has 0 radical (unpaired) electrons. The Kier molecular flexibility index (Phi) is 3.84. The van der Waals surface area contributed by atoms with Crippen LogP contribution in [0.5, 0.6) is 5.75 Å². The lowest BCUT2D eigenvalue weighted by molar-refractivity contribution is -0.147. The van der Waals surface area contributed by atoms with E-state index in [1.54, 1.807) is 17.6 Å². The van der Waals surface area contributed by atoms with Crippen molar-refractivity contribution in [3.05, 3.63) is 46.2 Å². The van der Waals surface area contributed by atoms with Crippen LogP contribution in [0.3, 0.4) is 0 Å². The van der Waals surface area contributed by atoms with E-state index in [4.69, 9.17) is 5.84 Å². The van der Waals surface area contributed by atoms with Crippen molar-refractivity contribution in [2.75, 3.05) is 0 Å². The third-order valence-electron chi connectivity index (χ3n) is 5.91. The fraction of sp³-hybridized carbons (Fsp3) is 0.316. The Labute approximate surface area is 158 Å². The molecule has 1 amide bonds. The van der Waals surface area contributed by atoms with Crippen molar-refractivity contribution in [2.24, 2.45) is 17.7 Å². The van der Waals surface area contributed by atoms with Gasteiger partial charge in [0.15, 0.2) is 11.4 Å². The molecule has 0 aromatic heterocycles. The van der Waals surface area contributed by atoms with Crippen LogP contribution in [0.1, 0.15) is 24.0 Å². The number of phenolic OH excluding ortho intramolecular Hbond substituents is 1. The quantitative estimate of drug-likeness (QED) is 0.168. The summed E-state index contributed by atoms with van der Waals surface area (Å²) < 4.78 is 0. The predicted octanol–water partition coefficient (Wildman–Crippen LogP) is -0.0715. The monoisotopic (exact) mass is 386 g/mol. The lowest BCUT2D eigenvalue weighted by Crippen LogP contribution is -2.58. The van der Waals surface area contributed by atoms with Crippen LogP contribution in [0, 0.1) is 11.8 Å². The first-order valence-corrected chi connectivity index (χ1v) is 8.71. The smallest absolute Gasteiger partial charge is 0.272 e. The van der Waals surface area contributed by atoms with Crippen LogP contribution < -0.4 is 11.3 Å². The molecule has 9 nitrogen and oxygen atoms in total. The third kappa shape index (κ3) is 2.17. The van der Waals surface area contributed by atoms with Gasteiger partial charge in [-0.15, -0.1) is 0 Å². The number of benzene rings is 1. The predicted molar refractivity (Wildman–Crippen MR) is 94.5 cm³/mol. The molecule has 0 aliphatic heterocycles. The number of carbonyl (C=O) groups is 3. The molecule has 0 saturated heterocycles. The Morgan fingerprint density at radius 1 is 1.18 bits per heavy atom. The molecule has 7 N–H and O–H groups in total. The standard InChI is InChI=1S/C19H18N2O7/c20-21-18(27)14-11(23)6-9-5-8-4-7-2-1-3-10(22)12(7)15(24)13(8)16(25)19(9,28)17(14)26/h1-3,8-9,22,24,26,28H,4-6,20H2,(H,21,27). The first-order chi connectivity index (χ1) is 13.2. The van der Waals surface area contributed by atoms with E-state index in [0.29, 0.717) is 12.0 Å². The number of rotatable bonds is 1. The molecule has 1 aromatic carbocycles. The van der Waals surface area contributed by atoms with Crippen LogP contribution in [0.2, 0.25) is 0 Å². The molecular weight excluding hydrogens is 368 g/mol. The van der Waals surface area contributed by atoms with Gasteiger partial charge in [-0.1, -0.05) is 12.1 Å². The topological polar surface area (TPSA) is 170 Å². The van der Waals surface area contributed by atoms with Gasteiger partial charge in [-0.25, -0.2) is 5.84 Å². The average Bonchev–Trinajstić information content (AvgIpc) is 2.64. The number of nitrogens with two attached hydrogens (primary N) is 1. The van der Waals surface area contributed by atoms with Gasteiger partial charge in [0.25, 0.3) is 5.91 Å². The molecule has 9 heteroatoms. The van der Waals surface area contributed by atoms with E-state index in [1.807, 2.05) is 0 Å². The molecule has 0 bridgehead atoms. The Bertz CT molecular complexity index is 1010. The number of amides is 1. The molecule has 28 heavy (non-hydrogen) atoms. The highest BCUT2D eigenvalue weighted by atomic mass is 16.3. The van der Waals surface area contributed by atoms with Crippen LogP contribution in [-0.4, -0.2) is 43.5 Å².